The fourth-order valence-electron chi connectivity index (χ4n) is 2.28. The third-order valence-electron chi connectivity index (χ3n) is 3.50. The number of hydrogen-bond donors (Lipinski definition) is 2. The van der Waals surface area contributed by atoms with Gasteiger partial charge in [-0.05, 0) is 17.7 Å². The van der Waals surface area contributed by atoms with Gasteiger partial charge in [0, 0.05) is 26.7 Å². The number of carbonyl (C=O) groups is 1. The lowest BCUT2D eigenvalue weighted by atomic mass is 10.1. The Balaban J connectivity index is 0.00000242. The topological polar surface area (TPSA) is 71.0 Å². The molecule has 1 atom stereocenters. The first kappa shape index (κ1) is 18.5. The standard InChI is InChI=1S/C15H22N2O4.ClH/c1-17(15(19)8-12-9-16-5-6-21-12)10-11-3-4-13(18)14(7-11)20-2;/h3-4,7,12,16,18H,5-6,8-10H2,1-2H3;1H. The van der Waals surface area contributed by atoms with Crippen LogP contribution in [0.5, 0.6) is 11.5 Å². The fourth-order valence-corrected chi connectivity index (χ4v) is 2.28. The molecule has 0 radical (unpaired) electrons. The van der Waals surface area contributed by atoms with Crippen LogP contribution in [0.4, 0.5) is 0 Å². The summed E-state index contributed by atoms with van der Waals surface area (Å²) in [6.45, 7) is 2.67. The average molecular weight is 331 g/mol. The van der Waals surface area contributed by atoms with Gasteiger partial charge in [0.05, 0.1) is 26.2 Å². The van der Waals surface area contributed by atoms with Crippen molar-refractivity contribution >= 4 is 18.3 Å². The van der Waals surface area contributed by atoms with Gasteiger partial charge in [-0.1, -0.05) is 6.07 Å². The SMILES string of the molecule is COc1cc(CN(C)C(=O)CC2CNCCO2)ccc1O.Cl. The van der Waals surface area contributed by atoms with Crippen molar-refractivity contribution in [3.05, 3.63) is 23.8 Å². The van der Waals surface area contributed by atoms with E-state index < -0.39 is 0 Å². The number of ether oxygens (including phenoxy) is 2. The molecule has 1 aliphatic rings. The van der Waals surface area contributed by atoms with Crippen LogP contribution in [0.15, 0.2) is 18.2 Å². The Labute approximate surface area is 136 Å². The van der Waals surface area contributed by atoms with Crippen molar-refractivity contribution in [2.75, 3.05) is 33.9 Å². The van der Waals surface area contributed by atoms with E-state index in [9.17, 15) is 9.90 Å². The maximum atomic E-state index is 12.2. The Kier molecular flexibility index (Phi) is 7.44. The van der Waals surface area contributed by atoms with Gasteiger partial charge in [-0.3, -0.25) is 4.79 Å². The Morgan fingerprint density at radius 2 is 2.32 bits per heavy atom. The van der Waals surface area contributed by atoms with Crippen molar-refractivity contribution in [2.24, 2.45) is 0 Å². The average Bonchev–Trinajstić information content (AvgIpc) is 2.50. The highest BCUT2D eigenvalue weighted by molar-refractivity contribution is 5.85. The van der Waals surface area contributed by atoms with E-state index in [1.54, 1.807) is 30.1 Å². The van der Waals surface area contributed by atoms with Crippen LogP contribution < -0.4 is 10.1 Å². The van der Waals surface area contributed by atoms with Crippen LogP contribution in [-0.4, -0.2) is 55.9 Å². The number of methoxy groups -OCH3 is 1. The van der Waals surface area contributed by atoms with Crippen LogP contribution in [0.1, 0.15) is 12.0 Å². The monoisotopic (exact) mass is 330 g/mol. The number of phenolic OH excluding ortho intramolecular Hbond substituents is 1. The first-order valence-electron chi connectivity index (χ1n) is 7.02. The van der Waals surface area contributed by atoms with Crippen molar-refractivity contribution in [2.45, 2.75) is 19.1 Å². The molecule has 0 bridgehead atoms. The van der Waals surface area contributed by atoms with Crippen LogP contribution in [-0.2, 0) is 16.1 Å². The molecule has 2 N–H and O–H groups in total. The van der Waals surface area contributed by atoms with E-state index >= 15 is 0 Å². The smallest absolute Gasteiger partial charge is 0.225 e. The number of morpholine rings is 1. The van der Waals surface area contributed by atoms with E-state index in [0.29, 0.717) is 31.9 Å². The molecule has 1 amide bonds. The summed E-state index contributed by atoms with van der Waals surface area (Å²) in [5, 5.41) is 12.8. The maximum Gasteiger partial charge on any atom is 0.225 e. The molecule has 0 saturated carbocycles. The Hall–Kier alpha value is -1.50. The molecular weight excluding hydrogens is 308 g/mol. The third kappa shape index (κ3) is 5.05. The third-order valence-corrected chi connectivity index (χ3v) is 3.50. The Morgan fingerprint density at radius 1 is 1.55 bits per heavy atom. The van der Waals surface area contributed by atoms with Crippen LogP contribution in [0.25, 0.3) is 0 Å². The predicted octanol–water partition coefficient (Wildman–Crippen LogP) is 1.16. The molecule has 2 rings (SSSR count). The highest BCUT2D eigenvalue weighted by Gasteiger charge is 2.20. The van der Waals surface area contributed by atoms with E-state index in [1.165, 1.54) is 7.11 Å². The molecule has 1 aromatic rings. The molecule has 0 spiro atoms. The largest absolute Gasteiger partial charge is 0.504 e. The normalized spacial score (nSPS) is 17.5. The van der Waals surface area contributed by atoms with Gasteiger partial charge in [-0.2, -0.15) is 0 Å². The lowest BCUT2D eigenvalue weighted by Crippen LogP contribution is -2.41. The molecule has 124 valence electrons. The second-order valence-electron chi connectivity index (χ2n) is 5.16. The fraction of sp³-hybridized carbons (Fsp3) is 0.533. The van der Waals surface area contributed by atoms with Gasteiger partial charge in [0.2, 0.25) is 5.91 Å². The summed E-state index contributed by atoms with van der Waals surface area (Å²) in [6, 6.07) is 5.08. The summed E-state index contributed by atoms with van der Waals surface area (Å²) in [4.78, 5) is 13.8. The molecule has 1 fully saturated rings. The summed E-state index contributed by atoms with van der Waals surface area (Å²) < 4.78 is 10.6. The number of amides is 1. The molecule has 7 heteroatoms. The first-order chi connectivity index (χ1) is 10.1. The zero-order chi connectivity index (χ0) is 15.2. The van der Waals surface area contributed by atoms with E-state index in [2.05, 4.69) is 5.32 Å². The number of nitrogens with one attached hydrogen (secondary N) is 1. The molecule has 22 heavy (non-hydrogen) atoms. The minimum absolute atomic E-state index is 0. The van der Waals surface area contributed by atoms with E-state index in [-0.39, 0.29) is 30.2 Å². The molecule has 0 aliphatic carbocycles. The minimum Gasteiger partial charge on any atom is -0.504 e. The van der Waals surface area contributed by atoms with E-state index in [4.69, 9.17) is 9.47 Å². The maximum absolute atomic E-state index is 12.2. The lowest BCUT2D eigenvalue weighted by Gasteiger charge is -2.25. The molecule has 1 saturated heterocycles. The van der Waals surface area contributed by atoms with E-state index in [1.807, 2.05) is 0 Å². The summed E-state index contributed by atoms with van der Waals surface area (Å²) >= 11 is 0. The summed E-state index contributed by atoms with van der Waals surface area (Å²) in [5.74, 6) is 0.542. The van der Waals surface area contributed by atoms with Crippen LogP contribution in [0, 0.1) is 0 Å². The summed E-state index contributed by atoms with van der Waals surface area (Å²) in [6.07, 6.45) is 0.321. The zero-order valence-corrected chi connectivity index (χ0v) is 13.7. The van der Waals surface area contributed by atoms with Crippen LogP contribution in [0.2, 0.25) is 0 Å². The second-order valence-corrected chi connectivity index (χ2v) is 5.16. The van der Waals surface area contributed by atoms with Crippen molar-refractivity contribution in [3.8, 4) is 11.5 Å². The van der Waals surface area contributed by atoms with E-state index in [0.717, 1.165) is 12.1 Å². The number of carbonyl (C=O) groups excluding carboxylic acids is 1. The van der Waals surface area contributed by atoms with Gasteiger partial charge in [-0.15, -0.1) is 12.4 Å². The lowest BCUT2D eigenvalue weighted by molar-refractivity contribution is -0.133. The van der Waals surface area contributed by atoms with Gasteiger partial charge in [0.25, 0.3) is 0 Å². The molecule has 0 aromatic heterocycles. The number of nitrogens with zero attached hydrogens (tertiary/aromatic N) is 1. The van der Waals surface area contributed by atoms with Crippen molar-refractivity contribution < 1.29 is 19.4 Å². The van der Waals surface area contributed by atoms with Gasteiger partial charge >= 0.3 is 0 Å². The predicted molar refractivity (Wildman–Crippen MR) is 85.6 cm³/mol. The molecule has 1 heterocycles. The minimum atomic E-state index is -0.0527. The molecular formula is C15H23ClN2O4. The van der Waals surface area contributed by atoms with Crippen molar-refractivity contribution in [1.29, 1.82) is 0 Å². The van der Waals surface area contributed by atoms with Gasteiger partial charge in [0.15, 0.2) is 11.5 Å². The number of aromatic hydroxyl groups is 1. The Bertz CT molecular complexity index is 492. The van der Waals surface area contributed by atoms with Gasteiger partial charge < -0.3 is 24.8 Å². The zero-order valence-electron chi connectivity index (χ0n) is 12.9. The van der Waals surface area contributed by atoms with Crippen molar-refractivity contribution in [1.82, 2.24) is 10.2 Å². The second kappa shape index (κ2) is 8.82. The number of benzene rings is 1. The summed E-state index contributed by atoms with van der Waals surface area (Å²) in [7, 11) is 3.26. The quantitative estimate of drug-likeness (QED) is 0.847. The van der Waals surface area contributed by atoms with Gasteiger partial charge in [0.1, 0.15) is 0 Å². The highest BCUT2D eigenvalue weighted by atomic mass is 35.5. The number of halogens is 1. The molecule has 1 aromatic carbocycles. The molecule has 1 aliphatic heterocycles. The highest BCUT2D eigenvalue weighted by Crippen LogP contribution is 2.26. The number of hydrogen-bond acceptors (Lipinski definition) is 5. The molecule has 6 nitrogen and oxygen atoms in total. The number of phenols is 1. The van der Waals surface area contributed by atoms with Crippen LogP contribution in [0.3, 0.4) is 0 Å². The van der Waals surface area contributed by atoms with Gasteiger partial charge in [-0.25, -0.2) is 0 Å². The Morgan fingerprint density at radius 3 is 2.95 bits per heavy atom. The van der Waals surface area contributed by atoms with Crippen LogP contribution >= 0.6 is 12.4 Å². The first-order valence-corrected chi connectivity index (χ1v) is 7.02. The summed E-state index contributed by atoms with van der Waals surface area (Å²) in [5.41, 5.74) is 0.906. The number of rotatable bonds is 5. The molecule has 1 unspecified atom stereocenters. The van der Waals surface area contributed by atoms with Crippen molar-refractivity contribution in [3.63, 3.8) is 0 Å².